The second-order valence-electron chi connectivity index (χ2n) is 4.41. The number of hydrogen-bond donors (Lipinski definition) is 1. The van der Waals surface area contributed by atoms with E-state index < -0.39 is 0 Å². The van der Waals surface area contributed by atoms with Gasteiger partial charge in [-0.15, -0.1) is 0 Å². The third kappa shape index (κ3) is 3.12. The number of rotatable bonds is 5. The second kappa shape index (κ2) is 6.03. The summed E-state index contributed by atoms with van der Waals surface area (Å²) in [6.07, 6.45) is 1.27. The van der Waals surface area contributed by atoms with Crippen molar-refractivity contribution in [1.82, 2.24) is 0 Å². The summed E-state index contributed by atoms with van der Waals surface area (Å²) in [5.74, 6) is 0.868. The van der Waals surface area contributed by atoms with E-state index in [0.717, 1.165) is 24.2 Å². The quantitative estimate of drug-likeness (QED) is 0.889. The minimum atomic E-state index is -0.363. The zero-order chi connectivity index (χ0) is 13.0. The molecule has 1 atom stereocenters. The monoisotopic (exact) mass is 262 g/mol. The molecule has 1 unspecified atom stereocenters. The summed E-state index contributed by atoms with van der Waals surface area (Å²) in [6.45, 7) is 2.04. The van der Waals surface area contributed by atoms with Gasteiger partial charge in [0, 0.05) is 0 Å². The van der Waals surface area contributed by atoms with Crippen molar-refractivity contribution in [2.24, 2.45) is 0 Å². The third-order valence-corrected chi connectivity index (χ3v) is 4.00. The molecule has 1 aromatic carbocycles. The largest absolute Gasteiger partial charge is 0.497 e. The van der Waals surface area contributed by atoms with Crippen LogP contribution in [0.15, 0.2) is 35.0 Å². The van der Waals surface area contributed by atoms with Crippen molar-refractivity contribution in [3.05, 3.63) is 51.7 Å². The number of hydrogen-bond acceptors (Lipinski definition) is 3. The second-order valence-corrected chi connectivity index (χ2v) is 5.16. The van der Waals surface area contributed by atoms with Gasteiger partial charge in [0.15, 0.2) is 0 Å². The molecule has 0 aliphatic rings. The summed E-state index contributed by atoms with van der Waals surface area (Å²) in [7, 11) is 1.66. The van der Waals surface area contributed by atoms with Crippen LogP contribution in [0.3, 0.4) is 0 Å². The highest BCUT2D eigenvalue weighted by Crippen LogP contribution is 2.25. The summed E-state index contributed by atoms with van der Waals surface area (Å²) >= 11 is 1.64. The first-order valence-corrected chi connectivity index (χ1v) is 6.98. The van der Waals surface area contributed by atoms with E-state index >= 15 is 0 Å². The lowest BCUT2D eigenvalue weighted by Crippen LogP contribution is -1.99. The summed E-state index contributed by atoms with van der Waals surface area (Å²) in [6, 6.07) is 8.01. The van der Waals surface area contributed by atoms with Crippen molar-refractivity contribution in [3.8, 4) is 5.75 Å². The van der Waals surface area contributed by atoms with Crippen LogP contribution in [0.4, 0.5) is 0 Å². The van der Waals surface area contributed by atoms with E-state index in [1.54, 1.807) is 18.4 Å². The lowest BCUT2D eigenvalue weighted by Gasteiger charge is -2.10. The van der Waals surface area contributed by atoms with E-state index in [2.05, 4.69) is 5.38 Å². The molecule has 1 heterocycles. The number of benzene rings is 1. The summed E-state index contributed by atoms with van der Waals surface area (Å²) in [5.41, 5.74) is 3.47. The van der Waals surface area contributed by atoms with Crippen LogP contribution >= 0.6 is 11.3 Å². The Hall–Kier alpha value is -1.32. The van der Waals surface area contributed by atoms with Gasteiger partial charge in [-0.25, -0.2) is 0 Å². The highest BCUT2D eigenvalue weighted by Gasteiger charge is 2.11. The average molecular weight is 262 g/mol. The van der Waals surface area contributed by atoms with E-state index in [1.807, 2.05) is 36.6 Å². The zero-order valence-corrected chi connectivity index (χ0v) is 11.5. The molecule has 0 aliphatic carbocycles. The number of thiophene rings is 1. The smallest absolute Gasteiger partial charge is 0.118 e. The molecule has 3 heteroatoms. The van der Waals surface area contributed by atoms with Crippen LogP contribution in [0.1, 0.15) is 29.2 Å². The Morgan fingerprint density at radius 2 is 1.94 bits per heavy atom. The Morgan fingerprint density at radius 1 is 1.22 bits per heavy atom. The third-order valence-electron chi connectivity index (χ3n) is 3.12. The Bertz CT molecular complexity index is 487. The molecule has 2 rings (SSSR count). The minimum absolute atomic E-state index is 0.363. The normalized spacial score (nSPS) is 12.4. The standard InChI is InChI=1S/C15H18O2S/c1-11-9-18-10-14(11)15(16)8-5-12-3-6-13(17-2)7-4-12/h3-4,6-7,9-10,15-16H,5,8H2,1-2H3. The van der Waals surface area contributed by atoms with Crippen molar-refractivity contribution in [2.45, 2.75) is 25.9 Å². The Labute approximate surface area is 112 Å². The fraction of sp³-hybridized carbons (Fsp3) is 0.333. The van der Waals surface area contributed by atoms with Gasteiger partial charge in [-0.05, 0) is 59.3 Å². The van der Waals surface area contributed by atoms with Crippen molar-refractivity contribution < 1.29 is 9.84 Å². The lowest BCUT2D eigenvalue weighted by atomic mass is 10.0. The highest BCUT2D eigenvalue weighted by atomic mass is 32.1. The van der Waals surface area contributed by atoms with Crippen LogP contribution in [0.25, 0.3) is 0 Å². The number of ether oxygens (including phenoxy) is 1. The molecular weight excluding hydrogens is 244 g/mol. The van der Waals surface area contributed by atoms with Gasteiger partial charge >= 0.3 is 0 Å². The Balaban J connectivity index is 1.93. The number of aliphatic hydroxyl groups excluding tert-OH is 1. The molecule has 18 heavy (non-hydrogen) atoms. The molecular formula is C15H18O2S. The van der Waals surface area contributed by atoms with Crippen LogP contribution in [0.5, 0.6) is 5.75 Å². The molecule has 96 valence electrons. The SMILES string of the molecule is COc1ccc(CCC(O)c2cscc2C)cc1. The molecule has 0 saturated carbocycles. The predicted molar refractivity (Wildman–Crippen MR) is 75.3 cm³/mol. The van der Waals surface area contributed by atoms with Gasteiger partial charge in [0.05, 0.1) is 13.2 Å². The summed E-state index contributed by atoms with van der Waals surface area (Å²) in [5, 5.41) is 14.2. The van der Waals surface area contributed by atoms with Gasteiger partial charge in [-0.3, -0.25) is 0 Å². The van der Waals surface area contributed by atoms with Gasteiger partial charge in [0.1, 0.15) is 5.75 Å². The van der Waals surface area contributed by atoms with Gasteiger partial charge in [0.25, 0.3) is 0 Å². The topological polar surface area (TPSA) is 29.5 Å². The number of methoxy groups -OCH3 is 1. The van der Waals surface area contributed by atoms with Crippen LogP contribution in [-0.4, -0.2) is 12.2 Å². The molecule has 2 nitrogen and oxygen atoms in total. The fourth-order valence-electron chi connectivity index (χ4n) is 1.96. The van der Waals surface area contributed by atoms with E-state index in [0.29, 0.717) is 0 Å². The molecule has 1 N–H and O–H groups in total. The van der Waals surface area contributed by atoms with E-state index in [9.17, 15) is 5.11 Å². The fourth-order valence-corrected chi connectivity index (χ4v) is 2.86. The summed E-state index contributed by atoms with van der Waals surface area (Å²) in [4.78, 5) is 0. The first kappa shape index (κ1) is 13.1. The van der Waals surface area contributed by atoms with Crippen molar-refractivity contribution in [1.29, 1.82) is 0 Å². The number of aryl methyl sites for hydroxylation is 2. The molecule has 0 spiro atoms. The van der Waals surface area contributed by atoms with Gasteiger partial charge in [0.2, 0.25) is 0 Å². The zero-order valence-electron chi connectivity index (χ0n) is 10.7. The van der Waals surface area contributed by atoms with Crippen molar-refractivity contribution in [2.75, 3.05) is 7.11 Å². The van der Waals surface area contributed by atoms with Gasteiger partial charge in [-0.2, -0.15) is 11.3 Å². The molecule has 0 bridgehead atoms. The van der Waals surface area contributed by atoms with Crippen LogP contribution in [0.2, 0.25) is 0 Å². The maximum Gasteiger partial charge on any atom is 0.118 e. The maximum absolute atomic E-state index is 10.1. The van der Waals surface area contributed by atoms with Gasteiger partial charge in [-0.1, -0.05) is 12.1 Å². The van der Waals surface area contributed by atoms with Crippen molar-refractivity contribution >= 4 is 11.3 Å². The first-order valence-electron chi connectivity index (χ1n) is 6.04. The van der Waals surface area contributed by atoms with Crippen LogP contribution in [-0.2, 0) is 6.42 Å². The van der Waals surface area contributed by atoms with E-state index in [1.165, 1.54) is 11.1 Å². The van der Waals surface area contributed by atoms with E-state index in [-0.39, 0.29) is 6.10 Å². The van der Waals surface area contributed by atoms with E-state index in [4.69, 9.17) is 4.74 Å². The molecule has 0 fully saturated rings. The Morgan fingerprint density at radius 3 is 2.50 bits per heavy atom. The molecule has 0 radical (unpaired) electrons. The van der Waals surface area contributed by atoms with Crippen LogP contribution in [0, 0.1) is 6.92 Å². The summed E-state index contributed by atoms with van der Waals surface area (Å²) < 4.78 is 5.12. The maximum atomic E-state index is 10.1. The van der Waals surface area contributed by atoms with Crippen molar-refractivity contribution in [3.63, 3.8) is 0 Å². The minimum Gasteiger partial charge on any atom is -0.497 e. The molecule has 2 aromatic rings. The predicted octanol–water partition coefficient (Wildman–Crippen LogP) is 3.73. The average Bonchev–Trinajstić information content (AvgIpc) is 2.83. The number of aliphatic hydroxyl groups is 1. The molecule has 0 saturated heterocycles. The lowest BCUT2D eigenvalue weighted by molar-refractivity contribution is 0.167. The molecule has 0 amide bonds. The van der Waals surface area contributed by atoms with Gasteiger partial charge < -0.3 is 9.84 Å². The molecule has 0 aliphatic heterocycles. The first-order chi connectivity index (χ1) is 8.70. The molecule has 1 aromatic heterocycles. The Kier molecular flexibility index (Phi) is 4.39. The van der Waals surface area contributed by atoms with Crippen LogP contribution < -0.4 is 4.74 Å². The highest BCUT2D eigenvalue weighted by molar-refractivity contribution is 7.08.